The van der Waals surface area contributed by atoms with Crippen molar-refractivity contribution in [1.29, 1.82) is 0 Å². The molecule has 1 unspecified atom stereocenters. The summed E-state index contributed by atoms with van der Waals surface area (Å²) in [4.78, 5) is 19.9. The number of methoxy groups -OCH3 is 1. The van der Waals surface area contributed by atoms with E-state index in [1.54, 1.807) is 6.92 Å². The molecule has 1 aromatic carbocycles. The van der Waals surface area contributed by atoms with Crippen LogP contribution < -0.4 is 4.74 Å². The monoisotopic (exact) mass is 418 g/mol. The maximum atomic E-state index is 11.9. The summed E-state index contributed by atoms with van der Waals surface area (Å²) in [5.74, 6) is 0.441. The van der Waals surface area contributed by atoms with Gasteiger partial charge in [0.25, 0.3) is 0 Å². The molecule has 0 spiro atoms. The number of carbonyl (C=O) groups excluding carboxylic acids is 1. The van der Waals surface area contributed by atoms with Gasteiger partial charge in [0.05, 0.1) is 24.4 Å². The molecule has 1 aliphatic carbocycles. The molecular formula is C25H26N2O4. The highest BCUT2D eigenvalue weighted by Crippen LogP contribution is 2.36. The van der Waals surface area contributed by atoms with Gasteiger partial charge >= 0.3 is 5.97 Å². The Morgan fingerprint density at radius 1 is 1.13 bits per heavy atom. The minimum absolute atomic E-state index is 0.340. The zero-order valence-electron chi connectivity index (χ0n) is 17.8. The second-order valence-corrected chi connectivity index (χ2v) is 7.26. The molecule has 2 heterocycles. The van der Waals surface area contributed by atoms with Crippen LogP contribution >= 0.6 is 0 Å². The van der Waals surface area contributed by atoms with Crippen LogP contribution in [0, 0.1) is 0 Å². The average molecular weight is 418 g/mol. The number of fused-ring (bicyclic) bond motifs is 3. The zero-order chi connectivity index (χ0) is 21.6. The number of ether oxygens (including phenoxy) is 3. The summed E-state index contributed by atoms with van der Waals surface area (Å²) < 4.78 is 16.3. The summed E-state index contributed by atoms with van der Waals surface area (Å²) in [6.07, 6.45) is 4.37. The van der Waals surface area contributed by atoms with E-state index < -0.39 is 6.10 Å². The Morgan fingerprint density at radius 3 is 2.74 bits per heavy atom. The molecule has 1 aromatic heterocycles. The Balaban J connectivity index is 1.40. The molecule has 0 amide bonds. The van der Waals surface area contributed by atoms with Gasteiger partial charge in [-0.15, -0.1) is 0 Å². The average Bonchev–Trinajstić information content (AvgIpc) is 3.12. The quantitative estimate of drug-likeness (QED) is 0.408. The van der Waals surface area contributed by atoms with E-state index in [1.165, 1.54) is 18.2 Å². The second-order valence-electron chi connectivity index (χ2n) is 7.26. The van der Waals surface area contributed by atoms with Gasteiger partial charge < -0.3 is 19.2 Å². The number of nitrogens with one attached hydrogen (secondary N) is 1. The number of nitrogens with zero attached hydrogens (tertiary/aromatic N) is 1. The first kappa shape index (κ1) is 20.9. The normalized spacial score (nSPS) is 12.2. The maximum Gasteiger partial charge on any atom is 0.335 e. The number of aromatic nitrogens is 2. The molecule has 1 aliphatic heterocycles. The van der Waals surface area contributed by atoms with Crippen LogP contribution in [0.5, 0.6) is 5.75 Å². The van der Waals surface area contributed by atoms with E-state index in [2.05, 4.69) is 22.1 Å². The maximum absolute atomic E-state index is 11.9. The molecule has 2 aromatic rings. The van der Waals surface area contributed by atoms with Crippen molar-refractivity contribution in [2.45, 2.75) is 25.9 Å². The highest BCUT2D eigenvalue weighted by Gasteiger charge is 2.20. The van der Waals surface area contributed by atoms with Crippen LogP contribution in [0.15, 0.2) is 60.9 Å². The van der Waals surface area contributed by atoms with Crippen LogP contribution in [-0.4, -0.2) is 42.4 Å². The predicted molar refractivity (Wildman–Crippen MR) is 119 cm³/mol. The number of carbonyl (C=O) groups is 1. The SMILES string of the molecule is CCOC(=O)C(Cc1ccc(OCCc2c3[nH]cccc-3c3cccnc23)cc1)OC. The Labute approximate surface area is 181 Å². The highest BCUT2D eigenvalue weighted by molar-refractivity contribution is 6.02. The predicted octanol–water partition coefficient (Wildman–Crippen LogP) is 4.41. The van der Waals surface area contributed by atoms with E-state index in [0.29, 0.717) is 19.6 Å². The van der Waals surface area contributed by atoms with Gasteiger partial charge in [-0.2, -0.15) is 0 Å². The van der Waals surface area contributed by atoms with Crippen LogP contribution in [0.25, 0.3) is 22.2 Å². The second kappa shape index (κ2) is 9.62. The smallest absolute Gasteiger partial charge is 0.335 e. The molecule has 6 nitrogen and oxygen atoms in total. The number of H-pyrrole nitrogens is 1. The van der Waals surface area contributed by atoms with E-state index in [1.807, 2.05) is 48.8 Å². The van der Waals surface area contributed by atoms with Crippen LogP contribution in [-0.2, 0) is 27.1 Å². The minimum atomic E-state index is -0.602. The van der Waals surface area contributed by atoms with Crippen molar-refractivity contribution in [3.63, 3.8) is 0 Å². The molecule has 1 atom stereocenters. The van der Waals surface area contributed by atoms with Crippen LogP contribution in [0.4, 0.5) is 0 Å². The number of hydrogen-bond donors (Lipinski definition) is 1. The van der Waals surface area contributed by atoms with E-state index in [-0.39, 0.29) is 5.97 Å². The molecule has 0 bridgehead atoms. The summed E-state index contributed by atoms with van der Waals surface area (Å²) in [5, 5.41) is 1.16. The lowest BCUT2D eigenvalue weighted by molar-refractivity contribution is -0.154. The van der Waals surface area contributed by atoms with Gasteiger partial charge in [-0.1, -0.05) is 24.3 Å². The zero-order valence-corrected chi connectivity index (χ0v) is 17.8. The lowest BCUT2D eigenvalue weighted by Gasteiger charge is -2.14. The molecule has 31 heavy (non-hydrogen) atoms. The Morgan fingerprint density at radius 2 is 1.97 bits per heavy atom. The summed E-state index contributed by atoms with van der Waals surface area (Å²) in [7, 11) is 1.52. The van der Waals surface area contributed by atoms with Crippen molar-refractivity contribution in [1.82, 2.24) is 9.97 Å². The van der Waals surface area contributed by atoms with Crippen molar-refractivity contribution in [2.24, 2.45) is 0 Å². The lowest BCUT2D eigenvalue weighted by atomic mass is 10.1. The van der Waals surface area contributed by atoms with E-state index >= 15 is 0 Å². The molecule has 4 rings (SSSR count). The number of aromatic amines is 1. The lowest BCUT2D eigenvalue weighted by Crippen LogP contribution is -2.27. The van der Waals surface area contributed by atoms with Crippen LogP contribution in [0.2, 0.25) is 0 Å². The fraction of sp³-hybridized carbons (Fsp3) is 0.280. The number of benzene rings is 1. The number of esters is 1. The van der Waals surface area contributed by atoms with Gasteiger partial charge in [0.2, 0.25) is 0 Å². The standard InChI is InChI=1S/C25H26N2O4/c1-3-30-25(28)22(29-2)16-17-8-10-18(11-9-17)31-15-12-21-23-19(6-4-13-26-23)20-7-5-14-27-24(20)21/h4-11,13-14,22,26H,3,12,15-16H2,1-2H3. The van der Waals surface area contributed by atoms with Gasteiger partial charge in [0.15, 0.2) is 6.10 Å². The van der Waals surface area contributed by atoms with Crippen molar-refractivity contribution >= 4 is 16.9 Å². The van der Waals surface area contributed by atoms with Crippen molar-refractivity contribution < 1.29 is 19.0 Å². The van der Waals surface area contributed by atoms with Gasteiger partial charge in [-0.25, -0.2) is 4.79 Å². The molecular weight excluding hydrogens is 392 g/mol. The van der Waals surface area contributed by atoms with Crippen LogP contribution in [0.3, 0.4) is 0 Å². The van der Waals surface area contributed by atoms with Gasteiger partial charge in [-0.05, 0) is 36.8 Å². The third kappa shape index (κ3) is 4.54. The highest BCUT2D eigenvalue weighted by atomic mass is 16.6. The third-order valence-corrected chi connectivity index (χ3v) is 5.34. The summed E-state index contributed by atoms with van der Waals surface area (Å²) in [5.41, 5.74) is 5.46. The summed E-state index contributed by atoms with van der Waals surface area (Å²) in [6, 6.07) is 15.9. The molecule has 0 saturated carbocycles. The van der Waals surface area contributed by atoms with E-state index in [9.17, 15) is 4.79 Å². The molecule has 0 fully saturated rings. The number of pyridine rings is 2. The van der Waals surface area contributed by atoms with Crippen molar-refractivity contribution in [2.75, 3.05) is 20.3 Å². The topological polar surface area (TPSA) is 73.4 Å². The Hall–Kier alpha value is -3.38. The summed E-state index contributed by atoms with van der Waals surface area (Å²) in [6.45, 7) is 2.66. The third-order valence-electron chi connectivity index (χ3n) is 5.34. The first-order chi connectivity index (χ1) is 15.2. The largest absolute Gasteiger partial charge is 0.493 e. The van der Waals surface area contributed by atoms with Crippen LogP contribution in [0.1, 0.15) is 18.1 Å². The fourth-order valence-corrected chi connectivity index (χ4v) is 3.84. The number of rotatable bonds is 9. The molecule has 160 valence electrons. The van der Waals surface area contributed by atoms with Gasteiger partial charge in [-0.3, -0.25) is 4.98 Å². The van der Waals surface area contributed by atoms with Crippen molar-refractivity contribution in [3.05, 3.63) is 72.1 Å². The first-order valence-electron chi connectivity index (χ1n) is 10.4. The molecule has 6 heteroatoms. The van der Waals surface area contributed by atoms with Gasteiger partial charge in [0, 0.05) is 48.9 Å². The fourth-order valence-electron chi connectivity index (χ4n) is 3.84. The Bertz CT molecular complexity index is 1120. The number of hydrogen-bond acceptors (Lipinski definition) is 5. The minimum Gasteiger partial charge on any atom is -0.493 e. The molecule has 1 N–H and O–H groups in total. The summed E-state index contributed by atoms with van der Waals surface area (Å²) >= 11 is 0. The van der Waals surface area contributed by atoms with E-state index in [4.69, 9.17) is 14.2 Å². The Kier molecular flexibility index (Phi) is 6.48. The van der Waals surface area contributed by atoms with Crippen molar-refractivity contribution in [3.8, 4) is 17.0 Å². The van der Waals surface area contributed by atoms with Gasteiger partial charge in [0.1, 0.15) is 5.75 Å². The molecule has 0 saturated heterocycles. The first-order valence-corrected chi connectivity index (χ1v) is 10.4. The van der Waals surface area contributed by atoms with E-state index in [0.717, 1.165) is 34.3 Å². The molecule has 2 aliphatic rings. The molecule has 0 radical (unpaired) electrons.